The predicted molar refractivity (Wildman–Crippen MR) is 107 cm³/mol. The normalized spacial score (nSPS) is 15.8. The molecule has 0 saturated carbocycles. The van der Waals surface area contributed by atoms with E-state index in [0.717, 1.165) is 35.5 Å². The molecule has 1 atom stereocenters. The molecule has 0 radical (unpaired) electrons. The number of methoxy groups -OCH3 is 1. The molecule has 4 nitrogen and oxygen atoms in total. The van der Waals surface area contributed by atoms with E-state index in [-0.39, 0.29) is 12.1 Å². The Balaban J connectivity index is 1.68. The van der Waals surface area contributed by atoms with E-state index < -0.39 is 0 Å². The molecule has 1 unspecified atom stereocenters. The van der Waals surface area contributed by atoms with E-state index in [1.807, 2.05) is 54.6 Å². The summed E-state index contributed by atoms with van der Waals surface area (Å²) in [5.41, 5.74) is 4.00. The van der Waals surface area contributed by atoms with E-state index in [2.05, 4.69) is 34.5 Å². The number of carbonyl (C=O) groups excluding carboxylic acids is 1. The Bertz CT molecular complexity index is 923. The largest absolute Gasteiger partial charge is 0.497 e. The van der Waals surface area contributed by atoms with Crippen molar-refractivity contribution >= 4 is 11.6 Å². The number of fused-ring (bicyclic) bond motifs is 1. The van der Waals surface area contributed by atoms with Crippen molar-refractivity contribution in [2.75, 3.05) is 18.6 Å². The Hall–Kier alpha value is -3.27. The van der Waals surface area contributed by atoms with Crippen LogP contribution in [0.25, 0.3) is 0 Å². The van der Waals surface area contributed by atoms with Crippen molar-refractivity contribution in [1.82, 2.24) is 5.32 Å². The molecule has 1 amide bonds. The molecule has 1 aliphatic heterocycles. The Kier molecular flexibility index (Phi) is 4.79. The minimum Gasteiger partial charge on any atom is -0.497 e. The van der Waals surface area contributed by atoms with Crippen molar-refractivity contribution in [3.8, 4) is 5.75 Å². The molecule has 4 rings (SSSR count). The van der Waals surface area contributed by atoms with Crippen LogP contribution in [0.15, 0.2) is 78.9 Å². The number of hydrogen-bond acceptors (Lipinski definition) is 3. The summed E-state index contributed by atoms with van der Waals surface area (Å²) in [6.45, 7) is 0.804. The maximum atomic E-state index is 12.6. The lowest BCUT2D eigenvalue weighted by Crippen LogP contribution is -2.47. The first-order chi connectivity index (χ1) is 13.3. The second-order valence-electron chi connectivity index (χ2n) is 6.60. The number of carbonyl (C=O) groups is 1. The first-order valence-electron chi connectivity index (χ1n) is 9.10. The number of nitrogens with one attached hydrogen (secondary N) is 1. The van der Waals surface area contributed by atoms with Crippen molar-refractivity contribution in [1.29, 1.82) is 0 Å². The van der Waals surface area contributed by atoms with Gasteiger partial charge >= 0.3 is 0 Å². The molecule has 0 saturated heterocycles. The van der Waals surface area contributed by atoms with Crippen LogP contribution in [-0.2, 0) is 6.42 Å². The Morgan fingerprint density at radius 1 is 0.926 bits per heavy atom. The molecule has 1 N–H and O–H groups in total. The van der Waals surface area contributed by atoms with E-state index in [1.54, 1.807) is 7.11 Å². The van der Waals surface area contributed by atoms with Crippen molar-refractivity contribution in [3.05, 3.63) is 95.6 Å². The van der Waals surface area contributed by atoms with Gasteiger partial charge < -0.3 is 15.0 Å². The van der Waals surface area contributed by atoms with Gasteiger partial charge in [0.05, 0.1) is 18.4 Å². The number of hydrogen-bond donors (Lipinski definition) is 1. The van der Waals surface area contributed by atoms with Gasteiger partial charge in [-0.2, -0.15) is 0 Å². The second kappa shape index (κ2) is 7.54. The number of rotatable bonds is 5. The van der Waals surface area contributed by atoms with Gasteiger partial charge in [0.2, 0.25) is 0 Å². The molecule has 0 spiro atoms. The molecule has 4 heteroatoms. The van der Waals surface area contributed by atoms with Crippen LogP contribution in [0.1, 0.15) is 27.7 Å². The van der Waals surface area contributed by atoms with Gasteiger partial charge in [0.1, 0.15) is 11.9 Å². The van der Waals surface area contributed by atoms with Gasteiger partial charge in [-0.3, -0.25) is 4.79 Å². The van der Waals surface area contributed by atoms with Gasteiger partial charge in [-0.1, -0.05) is 54.6 Å². The van der Waals surface area contributed by atoms with Crippen molar-refractivity contribution in [2.24, 2.45) is 0 Å². The molecule has 1 aliphatic rings. The van der Waals surface area contributed by atoms with Gasteiger partial charge in [0, 0.05) is 6.54 Å². The number of benzene rings is 3. The highest BCUT2D eigenvalue weighted by molar-refractivity contribution is 6.02. The van der Waals surface area contributed by atoms with Crippen molar-refractivity contribution in [3.63, 3.8) is 0 Å². The molecule has 3 aromatic rings. The first kappa shape index (κ1) is 17.2. The van der Waals surface area contributed by atoms with Gasteiger partial charge in [0.25, 0.3) is 5.91 Å². The minimum absolute atomic E-state index is 0.0395. The molecule has 0 bridgehead atoms. The number of amides is 1. The zero-order valence-corrected chi connectivity index (χ0v) is 15.3. The van der Waals surface area contributed by atoms with Gasteiger partial charge in [-0.25, -0.2) is 0 Å². The summed E-state index contributed by atoms with van der Waals surface area (Å²) >= 11 is 0. The van der Waals surface area contributed by atoms with Crippen LogP contribution in [0.2, 0.25) is 0 Å². The summed E-state index contributed by atoms with van der Waals surface area (Å²) in [4.78, 5) is 14.9. The van der Waals surface area contributed by atoms with Crippen molar-refractivity contribution in [2.45, 2.75) is 12.6 Å². The number of nitrogens with zero attached hydrogens (tertiary/aromatic N) is 1. The SMILES string of the molecule is COc1ccc(C2NC(=O)c3ccccc3N2CCc2ccccc2)cc1. The van der Waals surface area contributed by atoms with E-state index >= 15 is 0 Å². The van der Waals surface area contributed by atoms with Crippen LogP contribution in [0.5, 0.6) is 5.75 Å². The molecule has 0 aliphatic carbocycles. The third-order valence-corrected chi connectivity index (χ3v) is 4.95. The maximum Gasteiger partial charge on any atom is 0.255 e. The molecular weight excluding hydrogens is 336 g/mol. The minimum atomic E-state index is -0.206. The topological polar surface area (TPSA) is 41.6 Å². The highest BCUT2D eigenvalue weighted by Gasteiger charge is 2.31. The predicted octanol–water partition coefficient (Wildman–Crippen LogP) is 4.19. The lowest BCUT2D eigenvalue weighted by atomic mass is 10.0. The highest BCUT2D eigenvalue weighted by Crippen LogP contribution is 2.33. The second-order valence-corrected chi connectivity index (χ2v) is 6.60. The van der Waals surface area contributed by atoms with Crippen LogP contribution >= 0.6 is 0 Å². The fraction of sp³-hybridized carbons (Fsp3) is 0.174. The van der Waals surface area contributed by atoms with Gasteiger partial charge in [-0.05, 0) is 41.8 Å². The average Bonchev–Trinajstić information content (AvgIpc) is 2.74. The highest BCUT2D eigenvalue weighted by atomic mass is 16.5. The summed E-state index contributed by atoms with van der Waals surface area (Å²) in [6, 6.07) is 26.1. The van der Waals surface area contributed by atoms with Gasteiger partial charge in [0.15, 0.2) is 0 Å². The molecule has 1 heterocycles. The third-order valence-electron chi connectivity index (χ3n) is 4.95. The lowest BCUT2D eigenvalue weighted by molar-refractivity contribution is 0.0926. The monoisotopic (exact) mass is 358 g/mol. The quantitative estimate of drug-likeness (QED) is 0.744. The number of anilines is 1. The molecular formula is C23H22N2O2. The third kappa shape index (κ3) is 3.51. The first-order valence-corrected chi connectivity index (χ1v) is 9.10. The Labute approximate surface area is 159 Å². The van der Waals surface area contributed by atoms with E-state index in [4.69, 9.17) is 4.74 Å². The van der Waals surface area contributed by atoms with Crippen LogP contribution in [0.4, 0.5) is 5.69 Å². The summed E-state index contributed by atoms with van der Waals surface area (Å²) in [5.74, 6) is 0.763. The standard InChI is InChI=1S/C23H22N2O2/c1-27-19-13-11-18(12-14-19)22-24-23(26)20-9-5-6-10-21(20)25(22)16-15-17-7-3-2-4-8-17/h2-14,22H,15-16H2,1H3,(H,24,26). The molecule has 136 valence electrons. The Morgan fingerprint density at radius 3 is 2.37 bits per heavy atom. The smallest absolute Gasteiger partial charge is 0.255 e. The lowest BCUT2D eigenvalue weighted by Gasteiger charge is -2.39. The molecule has 0 fully saturated rings. The van der Waals surface area contributed by atoms with Crippen LogP contribution in [0, 0.1) is 0 Å². The molecule has 3 aromatic carbocycles. The van der Waals surface area contributed by atoms with Crippen LogP contribution in [-0.4, -0.2) is 19.6 Å². The van der Waals surface area contributed by atoms with Crippen LogP contribution < -0.4 is 15.0 Å². The number of para-hydroxylation sites is 1. The Morgan fingerprint density at radius 2 is 1.63 bits per heavy atom. The zero-order chi connectivity index (χ0) is 18.6. The average molecular weight is 358 g/mol. The summed E-state index contributed by atoms with van der Waals surface area (Å²) in [6.07, 6.45) is 0.694. The van der Waals surface area contributed by atoms with E-state index in [9.17, 15) is 4.79 Å². The summed E-state index contributed by atoms with van der Waals surface area (Å²) in [5, 5.41) is 3.16. The van der Waals surface area contributed by atoms with Crippen molar-refractivity contribution < 1.29 is 9.53 Å². The summed E-state index contributed by atoms with van der Waals surface area (Å²) in [7, 11) is 1.65. The van der Waals surface area contributed by atoms with E-state index in [1.165, 1.54) is 5.56 Å². The fourth-order valence-electron chi connectivity index (χ4n) is 3.53. The number of ether oxygens (including phenoxy) is 1. The zero-order valence-electron chi connectivity index (χ0n) is 15.3. The van der Waals surface area contributed by atoms with Crippen LogP contribution in [0.3, 0.4) is 0 Å². The van der Waals surface area contributed by atoms with E-state index in [0.29, 0.717) is 0 Å². The molecule has 27 heavy (non-hydrogen) atoms. The maximum absolute atomic E-state index is 12.6. The summed E-state index contributed by atoms with van der Waals surface area (Å²) < 4.78 is 5.27. The van der Waals surface area contributed by atoms with Gasteiger partial charge in [-0.15, -0.1) is 0 Å². The molecule has 0 aromatic heterocycles. The fourth-order valence-corrected chi connectivity index (χ4v) is 3.53.